The minimum atomic E-state index is 0.170. The Balaban J connectivity index is 3.69. The summed E-state index contributed by atoms with van der Waals surface area (Å²) in [5.74, 6) is 0. The van der Waals surface area contributed by atoms with E-state index in [1.54, 1.807) is 0 Å². The van der Waals surface area contributed by atoms with Gasteiger partial charge in [-0.05, 0) is 19.9 Å². The normalized spacial score (nSPS) is 16.8. The van der Waals surface area contributed by atoms with Crippen LogP contribution in [0.25, 0.3) is 0 Å². The molecule has 1 unspecified atom stereocenters. The van der Waals surface area contributed by atoms with Crippen molar-refractivity contribution in [2.24, 2.45) is 5.73 Å². The molecule has 10 heavy (non-hydrogen) atoms. The van der Waals surface area contributed by atoms with Gasteiger partial charge < -0.3 is 11.1 Å². The summed E-state index contributed by atoms with van der Waals surface area (Å²) in [6.45, 7) is 8.22. The molecule has 0 bridgehead atoms. The third-order valence-electron chi connectivity index (χ3n) is 1.86. The van der Waals surface area contributed by atoms with Crippen LogP contribution in [-0.4, -0.2) is 18.6 Å². The lowest BCUT2D eigenvalue weighted by Gasteiger charge is -2.28. The molecule has 0 fully saturated rings. The molecule has 0 aliphatic carbocycles. The van der Waals surface area contributed by atoms with Crippen LogP contribution >= 0.6 is 0 Å². The summed E-state index contributed by atoms with van der Waals surface area (Å²) in [7, 11) is 0. The smallest absolute Gasteiger partial charge is 0.0275 e. The van der Waals surface area contributed by atoms with Crippen LogP contribution in [0.15, 0.2) is 0 Å². The fourth-order valence-electron chi connectivity index (χ4n) is 1.24. The summed E-state index contributed by atoms with van der Waals surface area (Å²) in [4.78, 5) is 0. The number of hydrogen-bond acceptors (Lipinski definition) is 2. The third kappa shape index (κ3) is 3.18. The van der Waals surface area contributed by atoms with Gasteiger partial charge in [0.25, 0.3) is 0 Å². The first-order valence-corrected chi connectivity index (χ1v) is 4.13. The molecule has 2 nitrogen and oxygen atoms in total. The number of nitrogens with two attached hydrogens (primary N) is 1. The molecule has 0 radical (unpaired) electrons. The Morgan fingerprint density at radius 1 is 1.40 bits per heavy atom. The summed E-state index contributed by atoms with van der Waals surface area (Å²) in [5.41, 5.74) is 5.79. The topological polar surface area (TPSA) is 38.0 Å². The summed E-state index contributed by atoms with van der Waals surface area (Å²) in [5, 5.41) is 3.38. The van der Waals surface area contributed by atoms with E-state index in [9.17, 15) is 0 Å². The first kappa shape index (κ1) is 9.92. The Kier molecular flexibility index (Phi) is 4.65. The van der Waals surface area contributed by atoms with Gasteiger partial charge in [0.2, 0.25) is 0 Å². The number of nitrogens with one attached hydrogen (secondary N) is 1. The Labute approximate surface area is 64.2 Å². The molecule has 0 amide bonds. The van der Waals surface area contributed by atoms with Gasteiger partial charge in [0.1, 0.15) is 0 Å². The lowest BCUT2D eigenvalue weighted by Crippen LogP contribution is -2.48. The van der Waals surface area contributed by atoms with E-state index in [0.29, 0.717) is 0 Å². The van der Waals surface area contributed by atoms with Crippen molar-refractivity contribution in [3.05, 3.63) is 0 Å². The average molecular weight is 144 g/mol. The Morgan fingerprint density at radius 3 is 2.30 bits per heavy atom. The molecule has 0 heterocycles. The fraction of sp³-hybridized carbons (Fsp3) is 1.00. The molecule has 3 N–H and O–H groups in total. The van der Waals surface area contributed by atoms with Gasteiger partial charge >= 0.3 is 0 Å². The molecule has 0 spiro atoms. The van der Waals surface area contributed by atoms with Crippen LogP contribution in [-0.2, 0) is 0 Å². The van der Waals surface area contributed by atoms with Crippen LogP contribution in [0.1, 0.15) is 33.6 Å². The molecule has 0 rings (SSSR count). The van der Waals surface area contributed by atoms with Gasteiger partial charge in [-0.25, -0.2) is 0 Å². The molecule has 0 aromatic rings. The molecule has 0 aliphatic rings. The molecular weight excluding hydrogens is 124 g/mol. The van der Waals surface area contributed by atoms with E-state index in [1.165, 1.54) is 6.42 Å². The van der Waals surface area contributed by atoms with E-state index in [0.717, 1.165) is 19.5 Å². The predicted molar refractivity (Wildman–Crippen MR) is 46.0 cm³/mol. The van der Waals surface area contributed by atoms with Crippen LogP contribution in [0.4, 0.5) is 0 Å². The molecular formula is C8H20N2. The van der Waals surface area contributed by atoms with Gasteiger partial charge in [0.15, 0.2) is 0 Å². The van der Waals surface area contributed by atoms with Crippen LogP contribution < -0.4 is 11.1 Å². The van der Waals surface area contributed by atoms with Gasteiger partial charge in [-0.2, -0.15) is 0 Å². The van der Waals surface area contributed by atoms with Crippen LogP contribution in [0.3, 0.4) is 0 Å². The van der Waals surface area contributed by atoms with E-state index in [1.807, 2.05) is 0 Å². The molecule has 0 saturated carbocycles. The minimum Gasteiger partial charge on any atom is -0.329 e. The molecule has 0 aromatic heterocycles. The second-order valence-corrected chi connectivity index (χ2v) is 3.05. The summed E-state index contributed by atoms with van der Waals surface area (Å²) >= 11 is 0. The zero-order chi connectivity index (χ0) is 8.04. The number of likely N-dealkylation sites (N-methyl/N-ethyl adjacent to an activating group) is 1. The molecule has 2 heteroatoms. The van der Waals surface area contributed by atoms with Crippen molar-refractivity contribution in [1.82, 2.24) is 5.32 Å². The maximum absolute atomic E-state index is 5.62. The first-order valence-electron chi connectivity index (χ1n) is 4.13. The quantitative estimate of drug-likeness (QED) is 0.606. The number of hydrogen-bond donors (Lipinski definition) is 2. The zero-order valence-electron chi connectivity index (χ0n) is 7.41. The molecule has 0 aromatic carbocycles. The van der Waals surface area contributed by atoms with Gasteiger partial charge in [-0.3, -0.25) is 0 Å². The van der Waals surface area contributed by atoms with E-state index in [-0.39, 0.29) is 5.54 Å². The van der Waals surface area contributed by atoms with E-state index in [4.69, 9.17) is 5.73 Å². The minimum absolute atomic E-state index is 0.170. The second-order valence-electron chi connectivity index (χ2n) is 3.05. The van der Waals surface area contributed by atoms with Crippen molar-refractivity contribution in [3.63, 3.8) is 0 Å². The van der Waals surface area contributed by atoms with Crippen LogP contribution in [0, 0.1) is 0 Å². The third-order valence-corrected chi connectivity index (χ3v) is 1.86. The largest absolute Gasteiger partial charge is 0.329 e. The average Bonchev–Trinajstić information content (AvgIpc) is 1.89. The highest BCUT2D eigenvalue weighted by Gasteiger charge is 2.18. The standard InChI is InChI=1S/C8H20N2/c1-4-6-8(3,7-9)10-5-2/h10H,4-7,9H2,1-3H3. The second kappa shape index (κ2) is 4.69. The molecule has 0 saturated heterocycles. The van der Waals surface area contributed by atoms with E-state index >= 15 is 0 Å². The summed E-state index contributed by atoms with van der Waals surface area (Å²) in [6, 6.07) is 0. The zero-order valence-corrected chi connectivity index (χ0v) is 7.41. The maximum Gasteiger partial charge on any atom is 0.0275 e. The molecule has 0 aliphatic heterocycles. The predicted octanol–water partition coefficient (Wildman–Crippen LogP) is 1.11. The summed E-state index contributed by atoms with van der Waals surface area (Å²) < 4.78 is 0. The van der Waals surface area contributed by atoms with Crippen molar-refractivity contribution in [1.29, 1.82) is 0 Å². The van der Waals surface area contributed by atoms with E-state index in [2.05, 4.69) is 26.1 Å². The van der Waals surface area contributed by atoms with Crippen molar-refractivity contribution in [2.75, 3.05) is 13.1 Å². The van der Waals surface area contributed by atoms with Gasteiger partial charge in [0, 0.05) is 12.1 Å². The Morgan fingerprint density at radius 2 is 2.00 bits per heavy atom. The SMILES string of the molecule is CCCC(C)(CN)NCC. The lowest BCUT2D eigenvalue weighted by molar-refractivity contribution is 0.344. The Hall–Kier alpha value is -0.0800. The maximum atomic E-state index is 5.62. The number of rotatable bonds is 5. The van der Waals surface area contributed by atoms with Crippen molar-refractivity contribution < 1.29 is 0 Å². The first-order chi connectivity index (χ1) is 4.68. The van der Waals surface area contributed by atoms with Gasteiger partial charge in [-0.15, -0.1) is 0 Å². The van der Waals surface area contributed by atoms with Gasteiger partial charge in [-0.1, -0.05) is 20.3 Å². The van der Waals surface area contributed by atoms with Crippen LogP contribution in [0.2, 0.25) is 0 Å². The molecule has 1 atom stereocenters. The van der Waals surface area contributed by atoms with Crippen molar-refractivity contribution >= 4 is 0 Å². The highest BCUT2D eigenvalue weighted by atomic mass is 15.0. The molecule has 62 valence electrons. The van der Waals surface area contributed by atoms with Crippen LogP contribution in [0.5, 0.6) is 0 Å². The van der Waals surface area contributed by atoms with Gasteiger partial charge in [0.05, 0.1) is 0 Å². The van der Waals surface area contributed by atoms with E-state index < -0.39 is 0 Å². The lowest BCUT2D eigenvalue weighted by atomic mass is 9.96. The Bertz CT molecular complexity index is 75.3. The highest BCUT2D eigenvalue weighted by Crippen LogP contribution is 2.09. The van der Waals surface area contributed by atoms with Crippen molar-refractivity contribution in [2.45, 2.75) is 39.2 Å². The monoisotopic (exact) mass is 144 g/mol. The summed E-state index contributed by atoms with van der Waals surface area (Å²) in [6.07, 6.45) is 2.36. The fourth-order valence-corrected chi connectivity index (χ4v) is 1.24. The highest BCUT2D eigenvalue weighted by molar-refractivity contribution is 4.82. The van der Waals surface area contributed by atoms with Crippen molar-refractivity contribution in [3.8, 4) is 0 Å².